The summed E-state index contributed by atoms with van der Waals surface area (Å²) in [5.41, 5.74) is 1.14. The first-order valence-corrected chi connectivity index (χ1v) is 8.89. The summed E-state index contributed by atoms with van der Waals surface area (Å²) in [6.07, 6.45) is 15.0. The van der Waals surface area contributed by atoms with E-state index in [4.69, 9.17) is 4.74 Å². The van der Waals surface area contributed by atoms with Crippen LogP contribution in [0.4, 0.5) is 0 Å². The van der Waals surface area contributed by atoms with Crippen LogP contribution in [0.15, 0.2) is 42.5 Å². The van der Waals surface area contributed by atoms with E-state index in [0.29, 0.717) is 6.61 Å². The molecule has 1 aliphatic rings. The van der Waals surface area contributed by atoms with Gasteiger partial charge in [0.25, 0.3) is 0 Å². The molecule has 0 heterocycles. The van der Waals surface area contributed by atoms with Crippen LogP contribution in [0.1, 0.15) is 51.5 Å². The standard InChI is InChI=1S/C22H28O/c1-3-19-11-13-20(14-12-19)9-7-5-6-8-10-21-15-17-22(18-16-21)23-4-2/h7-10,15-20H,3-4,11-14H2,1-2H3/b9-7+,10-8+/t19-,20-. The monoisotopic (exact) mass is 308 g/mol. The molecule has 23 heavy (non-hydrogen) atoms. The SMILES string of the molecule is CCOc1ccc(/C=C/C#C/C=C/[C@H]2CC[C@H](CC)CC2)cc1. The van der Waals surface area contributed by atoms with Crippen molar-refractivity contribution in [3.8, 4) is 17.6 Å². The Bertz CT molecular complexity index is 560. The average Bonchev–Trinajstić information content (AvgIpc) is 2.60. The fourth-order valence-electron chi connectivity index (χ4n) is 3.05. The largest absolute Gasteiger partial charge is 0.494 e. The van der Waals surface area contributed by atoms with E-state index in [0.717, 1.165) is 23.1 Å². The molecule has 0 spiro atoms. The predicted molar refractivity (Wildman–Crippen MR) is 99.3 cm³/mol. The summed E-state index contributed by atoms with van der Waals surface area (Å²) in [6.45, 7) is 5.00. The van der Waals surface area contributed by atoms with Crippen LogP contribution in [0.25, 0.3) is 6.08 Å². The second kappa shape index (κ2) is 9.95. The fraction of sp³-hybridized carbons (Fsp3) is 0.455. The maximum Gasteiger partial charge on any atom is 0.119 e. The Balaban J connectivity index is 1.75. The fourth-order valence-corrected chi connectivity index (χ4v) is 3.05. The Kier molecular flexibility index (Phi) is 7.54. The van der Waals surface area contributed by atoms with Crippen molar-refractivity contribution in [3.63, 3.8) is 0 Å². The van der Waals surface area contributed by atoms with Crippen molar-refractivity contribution in [1.82, 2.24) is 0 Å². The molecule has 0 N–H and O–H groups in total. The minimum Gasteiger partial charge on any atom is -0.494 e. The lowest BCUT2D eigenvalue weighted by molar-refractivity contribution is 0.304. The molecule has 1 nitrogen and oxygen atoms in total. The Labute approximate surface area is 141 Å². The maximum absolute atomic E-state index is 5.43. The number of benzene rings is 1. The van der Waals surface area contributed by atoms with Gasteiger partial charge in [-0.25, -0.2) is 0 Å². The average molecular weight is 308 g/mol. The Hall–Kier alpha value is -1.94. The van der Waals surface area contributed by atoms with Crippen LogP contribution in [0, 0.1) is 23.7 Å². The van der Waals surface area contributed by atoms with Crippen molar-refractivity contribution < 1.29 is 4.74 Å². The van der Waals surface area contributed by atoms with E-state index in [9.17, 15) is 0 Å². The molecular formula is C22H28O. The molecule has 0 saturated heterocycles. The summed E-state index contributed by atoms with van der Waals surface area (Å²) < 4.78 is 5.43. The van der Waals surface area contributed by atoms with E-state index in [-0.39, 0.29) is 0 Å². The highest BCUT2D eigenvalue weighted by atomic mass is 16.5. The molecular weight excluding hydrogens is 280 g/mol. The minimum absolute atomic E-state index is 0.701. The molecule has 0 aromatic heterocycles. The van der Waals surface area contributed by atoms with E-state index in [2.05, 4.69) is 24.8 Å². The van der Waals surface area contributed by atoms with Gasteiger partial charge in [0.2, 0.25) is 0 Å². The van der Waals surface area contributed by atoms with Crippen molar-refractivity contribution in [2.75, 3.05) is 6.61 Å². The lowest BCUT2D eigenvalue weighted by Crippen LogP contribution is -2.11. The van der Waals surface area contributed by atoms with Crippen LogP contribution in [0.5, 0.6) is 5.75 Å². The molecule has 1 aromatic carbocycles. The lowest BCUT2D eigenvalue weighted by atomic mass is 9.81. The summed E-state index contributed by atoms with van der Waals surface area (Å²) in [7, 11) is 0. The van der Waals surface area contributed by atoms with Gasteiger partial charge in [0.1, 0.15) is 5.75 Å². The van der Waals surface area contributed by atoms with Crippen LogP contribution < -0.4 is 4.74 Å². The second-order valence-corrected chi connectivity index (χ2v) is 6.17. The molecule has 0 unspecified atom stereocenters. The third-order valence-electron chi connectivity index (χ3n) is 4.55. The van der Waals surface area contributed by atoms with Gasteiger partial charge in [-0.3, -0.25) is 0 Å². The smallest absolute Gasteiger partial charge is 0.119 e. The topological polar surface area (TPSA) is 9.23 Å². The zero-order valence-electron chi connectivity index (χ0n) is 14.4. The quantitative estimate of drug-likeness (QED) is 0.618. The van der Waals surface area contributed by atoms with Gasteiger partial charge in [-0.15, -0.1) is 0 Å². The molecule has 0 atom stereocenters. The highest BCUT2D eigenvalue weighted by Crippen LogP contribution is 2.31. The number of hydrogen-bond acceptors (Lipinski definition) is 1. The first-order valence-electron chi connectivity index (χ1n) is 8.89. The number of hydrogen-bond donors (Lipinski definition) is 0. The van der Waals surface area contributed by atoms with E-state index < -0.39 is 0 Å². The molecule has 0 aliphatic heterocycles. The molecule has 122 valence electrons. The van der Waals surface area contributed by atoms with E-state index in [1.54, 1.807) is 0 Å². The van der Waals surface area contributed by atoms with E-state index in [1.165, 1.54) is 32.1 Å². The lowest BCUT2D eigenvalue weighted by Gasteiger charge is -2.25. The second-order valence-electron chi connectivity index (χ2n) is 6.17. The molecule has 1 aromatic rings. The molecule has 1 heteroatoms. The van der Waals surface area contributed by atoms with E-state index in [1.807, 2.05) is 49.4 Å². The predicted octanol–water partition coefficient (Wildman–Crippen LogP) is 5.87. The van der Waals surface area contributed by atoms with Crippen LogP contribution in [-0.2, 0) is 0 Å². The van der Waals surface area contributed by atoms with Crippen molar-refractivity contribution in [2.24, 2.45) is 11.8 Å². The van der Waals surface area contributed by atoms with Crippen molar-refractivity contribution in [1.29, 1.82) is 0 Å². The zero-order valence-corrected chi connectivity index (χ0v) is 14.4. The Morgan fingerprint density at radius 1 is 1.00 bits per heavy atom. The summed E-state index contributed by atoms with van der Waals surface area (Å²) in [4.78, 5) is 0. The molecule has 1 saturated carbocycles. The van der Waals surface area contributed by atoms with Gasteiger partial charge >= 0.3 is 0 Å². The minimum atomic E-state index is 0.701. The zero-order chi connectivity index (χ0) is 16.3. The molecule has 0 bridgehead atoms. The first kappa shape index (κ1) is 17.4. The first-order chi connectivity index (χ1) is 11.3. The summed E-state index contributed by atoms with van der Waals surface area (Å²) in [5, 5.41) is 0. The third kappa shape index (κ3) is 6.37. The number of ether oxygens (including phenoxy) is 1. The van der Waals surface area contributed by atoms with Crippen molar-refractivity contribution >= 4 is 6.08 Å². The molecule has 1 fully saturated rings. The van der Waals surface area contributed by atoms with Gasteiger partial charge in [-0.2, -0.15) is 0 Å². The molecule has 0 amide bonds. The van der Waals surface area contributed by atoms with Crippen LogP contribution in [0.2, 0.25) is 0 Å². The van der Waals surface area contributed by atoms with Gasteiger partial charge in [0.15, 0.2) is 0 Å². The normalized spacial score (nSPS) is 21.3. The highest BCUT2D eigenvalue weighted by molar-refractivity contribution is 5.54. The van der Waals surface area contributed by atoms with Gasteiger partial charge in [-0.05, 0) is 80.4 Å². The van der Waals surface area contributed by atoms with Gasteiger partial charge < -0.3 is 4.74 Å². The molecule has 0 radical (unpaired) electrons. The van der Waals surface area contributed by atoms with Crippen LogP contribution >= 0.6 is 0 Å². The summed E-state index contributed by atoms with van der Waals surface area (Å²) in [6, 6.07) is 8.07. The van der Waals surface area contributed by atoms with Crippen LogP contribution in [0.3, 0.4) is 0 Å². The maximum atomic E-state index is 5.43. The summed E-state index contributed by atoms with van der Waals surface area (Å²) in [5.74, 6) is 8.81. The number of allylic oxidation sites excluding steroid dienone is 3. The summed E-state index contributed by atoms with van der Waals surface area (Å²) >= 11 is 0. The van der Waals surface area contributed by atoms with Crippen LogP contribution in [-0.4, -0.2) is 6.61 Å². The highest BCUT2D eigenvalue weighted by Gasteiger charge is 2.17. The Morgan fingerprint density at radius 3 is 2.35 bits per heavy atom. The third-order valence-corrected chi connectivity index (χ3v) is 4.55. The van der Waals surface area contributed by atoms with Crippen molar-refractivity contribution in [2.45, 2.75) is 46.0 Å². The van der Waals surface area contributed by atoms with Gasteiger partial charge in [-0.1, -0.05) is 43.4 Å². The molecule has 1 aliphatic carbocycles. The number of rotatable bonds is 5. The van der Waals surface area contributed by atoms with E-state index >= 15 is 0 Å². The van der Waals surface area contributed by atoms with Gasteiger partial charge in [0, 0.05) is 0 Å². The van der Waals surface area contributed by atoms with Crippen molar-refractivity contribution in [3.05, 3.63) is 48.1 Å². The Morgan fingerprint density at radius 2 is 1.70 bits per heavy atom. The van der Waals surface area contributed by atoms with Gasteiger partial charge in [0.05, 0.1) is 6.61 Å². The molecule has 2 rings (SSSR count).